The van der Waals surface area contributed by atoms with E-state index in [0.29, 0.717) is 38.8 Å². The molecule has 0 aromatic rings. The van der Waals surface area contributed by atoms with Gasteiger partial charge in [0, 0.05) is 31.3 Å². The van der Waals surface area contributed by atoms with Gasteiger partial charge in [-0.05, 0) is 26.3 Å². The van der Waals surface area contributed by atoms with E-state index in [-0.39, 0.29) is 11.9 Å². The van der Waals surface area contributed by atoms with Crippen LogP contribution in [0.1, 0.15) is 39.5 Å². The first kappa shape index (κ1) is 17.1. The zero-order valence-corrected chi connectivity index (χ0v) is 14.2. The molecule has 4 unspecified atom stereocenters. The maximum absolute atomic E-state index is 12.3. The summed E-state index contributed by atoms with van der Waals surface area (Å²) < 4.78 is 16.9. The Kier molecular flexibility index (Phi) is 5.26. The van der Waals surface area contributed by atoms with Crippen LogP contribution in [0, 0.1) is 11.8 Å². The average molecular weight is 327 g/mol. The molecule has 4 atom stereocenters. The molecule has 0 bridgehead atoms. The normalized spacial score (nSPS) is 36.8. The van der Waals surface area contributed by atoms with Crippen molar-refractivity contribution in [3.8, 4) is 0 Å². The van der Waals surface area contributed by atoms with Crippen molar-refractivity contribution in [2.75, 3.05) is 32.9 Å². The second-order valence-electron chi connectivity index (χ2n) is 6.93. The molecule has 6 heteroatoms. The van der Waals surface area contributed by atoms with Gasteiger partial charge in [0.1, 0.15) is 0 Å². The standard InChI is InChI=1S/C17H29NO5/c1-3-7-18-11-13(16(20)21-4-2)15(19)12-10-17(6-5-14(12)18)22-8-9-23-17/h12-15,19H,3-11H2,1-2H3. The van der Waals surface area contributed by atoms with Gasteiger partial charge < -0.3 is 19.3 Å². The van der Waals surface area contributed by atoms with Crippen LogP contribution in [-0.2, 0) is 19.0 Å². The largest absolute Gasteiger partial charge is 0.466 e. The SMILES string of the molecule is CCCN1CC(C(=O)OCC)C(O)C2CC3(CCC21)OCCO3. The maximum Gasteiger partial charge on any atom is 0.312 e. The van der Waals surface area contributed by atoms with Gasteiger partial charge in [-0.15, -0.1) is 0 Å². The molecule has 6 nitrogen and oxygen atoms in total. The topological polar surface area (TPSA) is 68.2 Å². The number of rotatable bonds is 4. The first-order valence-electron chi connectivity index (χ1n) is 8.97. The van der Waals surface area contributed by atoms with Gasteiger partial charge in [-0.3, -0.25) is 9.69 Å². The van der Waals surface area contributed by atoms with Crippen LogP contribution in [0.25, 0.3) is 0 Å². The van der Waals surface area contributed by atoms with Crippen molar-refractivity contribution < 1.29 is 24.1 Å². The van der Waals surface area contributed by atoms with Gasteiger partial charge in [-0.25, -0.2) is 0 Å². The molecule has 0 radical (unpaired) electrons. The highest BCUT2D eigenvalue weighted by Crippen LogP contribution is 2.45. The molecular formula is C17H29NO5. The molecule has 0 amide bonds. The quantitative estimate of drug-likeness (QED) is 0.782. The van der Waals surface area contributed by atoms with Gasteiger partial charge in [-0.1, -0.05) is 6.92 Å². The van der Waals surface area contributed by atoms with E-state index in [9.17, 15) is 9.90 Å². The fourth-order valence-corrected chi connectivity index (χ4v) is 4.54. The lowest BCUT2D eigenvalue weighted by Crippen LogP contribution is -2.62. The van der Waals surface area contributed by atoms with Gasteiger partial charge in [0.15, 0.2) is 5.79 Å². The van der Waals surface area contributed by atoms with Crippen LogP contribution in [0.5, 0.6) is 0 Å². The van der Waals surface area contributed by atoms with Crippen molar-refractivity contribution in [3.05, 3.63) is 0 Å². The molecule has 3 rings (SSSR count). The van der Waals surface area contributed by atoms with Crippen molar-refractivity contribution >= 4 is 5.97 Å². The minimum absolute atomic E-state index is 0.00319. The van der Waals surface area contributed by atoms with Crippen LogP contribution in [0.4, 0.5) is 0 Å². The summed E-state index contributed by atoms with van der Waals surface area (Å²) in [5, 5.41) is 10.9. The summed E-state index contributed by atoms with van der Waals surface area (Å²) in [6, 6.07) is 0.300. The number of piperidine rings is 1. The molecule has 1 saturated carbocycles. The van der Waals surface area contributed by atoms with Crippen molar-refractivity contribution in [3.63, 3.8) is 0 Å². The van der Waals surface area contributed by atoms with Crippen LogP contribution in [-0.4, -0.2) is 66.8 Å². The van der Waals surface area contributed by atoms with Crippen molar-refractivity contribution in [1.82, 2.24) is 4.90 Å². The summed E-state index contributed by atoms with van der Waals surface area (Å²) in [7, 11) is 0. The van der Waals surface area contributed by atoms with E-state index < -0.39 is 17.8 Å². The summed E-state index contributed by atoms with van der Waals surface area (Å²) in [4.78, 5) is 14.6. The number of ether oxygens (including phenoxy) is 3. The van der Waals surface area contributed by atoms with Crippen LogP contribution in [0.15, 0.2) is 0 Å². The van der Waals surface area contributed by atoms with E-state index >= 15 is 0 Å². The molecule has 1 aliphatic carbocycles. The van der Waals surface area contributed by atoms with Gasteiger partial charge in [0.2, 0.25) is 0 Å². The number of hydrogen-bond donors (Lipinski definition) is 1. The van der Waals surface area contributed by atoms with Crippen molar-refractivity contribution in [1.29, 1.82) is 0 Å². The highest BCUT2D eigenvalue weighted by Gasteiger charge is 2.53. The second kappa shape index (κ2) is 7.05. The van der Waals surface area contributed by atoms with Crippen LogP contribution < -0.4 is 0 Å². The van der Waals surface area contributed by atoms with Crippen molar-refractivity contribution in [2.24, 2.45) is 11.8 Å². The Morgan fingerprint density at radius 3 is 2.74 bits per heavy atom. The summed E-state index contributed by atoms with van der Waals surface area (Å²) in [6.45, 7) is 7.06. The van der Waals surface area contributed by atoms with Crippen molar-refractivity contribution in [2.45, 2.75) is 57.5 Å². The van der Waals surface area contributed by atoms with Gasteiger partial charge in [0.05, 0.1) is 31.8 Å². The van der Waals surface area contributed by atoms with E-state index in [1.165, 1.54) is 0 Å². The lowest BCUT2D eigenvalue weighted by atomic mass is 9.70. The molecule has 132 valence electrons. The Labute approximate surface area is 138 Å². The predicted octanol–water partition coefficient (Wildman–Crippen LogP) is 1.16. The molecule has 2 heterocycles. The number of likely N-dealkylation sites (tertiary alicyclic amines) is 1. The summed E-state index contributed by atoms with van der Waals surface area (Å²) in [5.74, 6) is -1.31. The maximum atomic E-state index is 12.3. The van der Waals surface area contributed by atoms with E-state index in [1.807, 2.05) is 0 Å². The average Bonchev–Trinajstić information content (AvgIpc) is 2.98. The fraction of sp³-hybridized carbons (Fsp3) is 0.941. The Hall–Kier alpha value is -0.690. The summed E-state index contributed by atoms with van der Waals surface area (Å²) in [5.41, 5.74) is 0. The highest BCUT2D eigenvalue weighted by molar-refractivity contribution is 5.73. The predicted molar refractivity (Wildman–Crippen MR) is 83.8 cm³/mol. The highest BCUT2D eigenvalue weighted by atomic mass is 16.7. The van der Waals surface area contributed by atoms with E-state index in [1.54, 1.807) is 6.92 Å². The number of aliphatic hydroxyl groups is 1. The number of carbonyl (C=O) groups is 1. The zero-order chi connectivity index (χ0) is 16.4. The Morgan fingerprint density at radius 2 is 2.09 bits per heavy atom. The first-order chi connectivity index (χ1) is 11.1. The molecule has 0 aromatic heterocycles. The fourth-order valence-electron chi connectivity index (χ4n) is 4.54. The molecule has 2 saturated heterocycles. The lowest BCUT2D eigenvalue weighted by molar-refractivity contribution is -0.220. The third-order valence-electron chi connectivity index (χ3n) is 5.53. The van der Waals surface area contributed by atoms with E-state index in [4.69, 9.17) is 14.2 Å². The van der Waals surface area contributed by atoms with E-state index in [2.05, 4.69) is 11.8 Å². The number of fused-ring (bicyclic) bond motifs is 1. The smallest absolute Gasteiger partial charge is 0.312 e. The third-order valence-corrected chi connectivity index (χ3v) is 5.53. The van der Waals surface area contributed by atoms with Gasteiger partial charge in [0.25, 0.3) is 0 Å². The summed E-state index contributed by atoms with van der Waals surface area (Å²) in [6.07, 6.45) is 2.82. The molecule has 1 spiro atoms. The van der Waals surface area contributed by atoms with Gasteiger partial charge in [-0.2, -0.15) is 0 Å². The van der Waals surface area contributed by atoms with Crippen LogP contribution in [0.3, 0.4) is 0 Å². The number of carbonyl (C=O) groups excluding carboxylic acids is 1. The first-order valence-corrected chi connectivity index (χ1v) is 8.97. The monoisotopic (exact) mass is 327 g/mol. The Balaban J connectivity index is 1.79. The minimum Gasteiger partial charge on any atom is -0.466 e. The molecule has 3 aliphatic rings. The molecule has 1 N–H and O–H groups in total. The summed E-state index contributed by atoms with van der Waals surface area (Å²) >= 11 is 0. The van der Waals surface area contributed by atoms with E-state index in [0.717, 1.165) is 25.8 Å². The Morgan fingerprint density at radius 1 is 1.35 bits per heavy atom. The minimum atomic E-state index is -0.683. The second-order valence-corrected chi connectivity index (χ2v) is 6.93. The van der Waals surface area contributed by atoms with Crippen LogP contribution >= 0.6 is 0 Å². The molecule has 23 heavy (non-hydrogen) atoms. The third kappa shape index (κ3) is 3.27. The molecule has 3 fully saturated rings. The molecule has 0 aromatic carbocycles. The molecular weight excluding hydrogens is 298 g/mol. The number of aliphatic hydroxyl groups excluding tert-OH is 1. The number of hydrogen-bond acceptors (Lipinski definition) is 6. The lowest BCUT2D eigenvalue weighted by Gasteiger charge is -2.52. The number of nitrogens with zero attached hydrogens (tertiary/aromatic N) is 1. The van der Waals surface area contributed by atoms with Gasteiger partial charge >= 0.3 is 5.97 Å². The van der Waals surface area contributed by atoms with Crippen LogP contribution in [0.2, 0.25) is 0 Å². The molecule has 2 aliphatic heterocycles. The Bertz CT molecular complexity index is 423. The zero-order valence-electron chi connectivity index (χ0n) is 14.2. The number of esters is 1.